The van der Waals surface area contributed by atoms with Crippen molar-refractivity contribution in [3.8, 4) is 17.0 Å². The molecule has 1 aromatic heterocycles. The summed E-state index contributed by atoms with van der Waals surface area (Å²) in [5.41, 5.74) is 3.99. The Morgan fingerprint density at radius 2 is 1.56 bits per heavy atom. The SMILES string of the molecule is O=C1CCC(N2C(=O)c3ccc(N4CC(CN5CCC(CN6CCN7c8cc(-c9ccccc9O)nnc8NC[C@H]7C6)CC5)C4)cc3C2=O)C(=O)N1. The summed E-state index contributed by atoms with van der Waals surface area (Å²) in [6.45, 7) is 10.0. The highest BCUT2D eigenvalue weighted by Crippen LogP contribution is 2.37. The first kappa shape index (κ1) is 32.8. The van der Waals surface area contributed by atoms with Gasteiger partial charge in [0.2, 0.25) is 11.8 Å². The number of carbonyl (C=O) groups is 4. The van der Waals surface area contributed by atoms with E-state index >= 15 is 0 Å². The van der Waals surface area contributed by atoms with Crippen LogP contribution >= 0.6 is 0 Å². The van der Waals surface area contributed by atoms with E-state index in [9.17, 15) is 24.3 Å². The molecule has 9 rings (SSSR count). The van der Waals surface area contributed by atoms with Crippen LogP contribution in [0.15, 0.2) is 48.5 Å². The molecule has 6 aliphatic rings. The number of piperazine rings is 1. The van der Waals surface area contributed by atoms with Gasteiger partial charge >= 0.3 is 0 Å². The standard InChI is InChI=1S/C38H43N9O5/c48-33-4-2-1-3-28(33)30-16-32-35(42-41-30)39-17-26-22-44(13-14-46(26)32)18-23-9-11-43(12-10-23)19-24-20-45(21-24)25-5-6-27-29(15-25)38(52)47(37(27)51)31-7-8-34(49)40-36(31)50/h1-6,15-16,23-24,26,31,48H,7-14,17-22H2,(H,39,42)(H,40,49,50)/t26-,31?/m0/s1. The molecule has 1 unspecified atom stereocenters. The molecule has 4 fully saturated rings. The molecule has 2 atom stereocenters. The van der Waals surface area contributed by atoms with Crippen molar-refractivity contribution >= 4 is 40.8 Å². The normalized spacial score (nSPS) is 24.3. The molecule has 14 nitrogen and oxygen atoms in total. The monoisotopic (exact) mass is 705 g/mol. The first-order valence-electron chi connectivity index (χ1n) is 18.5. The fourth-order valence-electron chi connectivity index (χ4n) is 8.97. The summed E-state index contributed by atoms with van der Waals surface area (Å²) < 4.78 is 0. The molecule has 4 amide bonds. The zero-order valence-corrected chi connectivity index (χ0v) is 29.0. The third-order valence-electron chi connectivity index (χ3n) is 11.8. The third-order valence-corrected chi connectivity index (χ3v) is 11.8. The molecule has 14 heteroatoms. The van der Waals surface area contributed by atoms with E-state index in [1.807, 2.05) is 24.3 Å². The maximum Gasteiger partial charge on any atom is 0.262 e. The lowest BCUT2D eigenvalue weighted by Crippen LogP contribution is -2.58. The lowest BCUT2D eigenvalue weighted by Gasteiger charge is -2.47. The molecule has 52 heavy (non-hydrogen) atoms. The summed E-state index contributed by atoms with van der Waals surface area (Å²) in [5, 5.41) is 24.9. The number of fused-ring (bicyclic) bond motifs is 4. The van der Waals surface area contributed by atoms with Crippen molar-refractivity contribution in [2.24, 2.45) is 11.8 Å². The van der Waals surface area contributed by atoms with Crippen LogP contribution in [-0.2, 0) is 9.59 Å². The molecule has 6 aliphatic heterocycles. The number of benzene rings is 2. The molecule has 0 bridgehead atoms. The first-order chi connectivity index (χ1) is 25.3. The fourth-order valence-corrected chi connectivity index (χ4v) is 8.97. The van der Waals surface area contributed by atoms with Crippen molar-refractivity contribution in [2.75, 3.05) is 80.6 Å². The van der Waals surface area contributed by atoms with Crippen LogP contribution in [0.1, 0.15) is 46.4 Å². The van der Waals surface area contributed by atoms with E-state index in [-0.39, 0.29) is 24.5 Å². The fraction of sp³-hybridized carbons (Fsp3) is 0.474. The summed E-state index contributed by atoms with van der Waals surface area (Å²) in [6, 6.07) is 14.1. The van der Waals surface area contributed by atoms with E-state index < -0.39 is 23.8 Å². The maximum atomic E-state index is 13.3. The van der Waals surface area contributed by atoms with Gasteiger partial charge in [0, 0.05) is 75.9 Å². The molecule has 3 N–H and O–H groups in total. The second-order valence-electron chi connectivity index (χ2n) is 15.2. The number of nitrogens with one attached hydrogen (secondary N) is 2. The molecule has 2 aromatic carbocycles. The first-order valence-corrected chi connectivity index (χ1v) is 18.5. The highest BCUT2D eigenvalue weighted by Gasteiger charge is 2.45. The molecule has 0 spiro atoms. The van der Waals surface area contributed by atoms with Crippen molar-refractivity contribution < 1.29 is 24.3 Å². The minimum Gasteiger partial charge on any atom is -0.507 e. The Morgan fingerprint density at radius 3 is 2.37 bits per heavy atom. The lowest BCUT2D eigenvalue weighted by molar-refractivity contribution is -0.136. The minimum atomic E-state index is -0.953. The Hall–Kier alpha value is -5.08. The van der Waals surface area contributed by atoms with Crippen molar-refractivity contribution in [1.82, 2.24) is 30.2 Å². The van der Waals surface area contributed by atoms with Gasteiger partial charge in [-0.05, 0) is 74.7 Å². The molecular weight excluding hydrogens is 662 g/mol. The summed E-state index contributed by atoms with van der Waals surface area (Å²) in [4.78, 5) is 61.3. The quantitative estimate of drug-likeness (QED) is 0.308. The largest absolute Gasteiger partial charge is 0.507 e. The summed E-state index contributed by atoms with van der Waals surface area (Å²) >= 11 is 0. The van der Waals surface area contributed by atoms with Gasteiger partial charge in [0.05, 0.1) is 28.6 Å². The predicted molar refractivity (Wildman–Crippen MR) is 193 cm³/mol. The number of nitrogens with zero attached hydrogens (tertiary/aromatic N) is 7. The average Bonchev–Trinajstić information content (AvgIpc) is 3.38. The second-order valence-corrected chi connectivity index (χ2v) is 15.2. The molecular formula is C38H43N9O5. The van der Waals surface area contributed by atoms with Crippen molar-refractivity contribution in [2.45, 2.75) is 37.8 Å². The number of hydrogen-bond acceptors (Lipinski definition) is 12. The lowest BCUT2D eigenvalue weighted by atomic mass is 9.92. The Bertz CT molecular complexity index is 1940. The number of amides is 4. The number of rotatable bonds is 7. The van der Waals surface area contributed by atoms with E-state index in [1.54, 1.807) is 18.2 Å². The average molecular weight is 706 g/mol. The molecule has 0 radical (unpaired) electrons. The zero-order valence-electron chi connectivity index (χ0n) is 29.0. The number of phenols is 1. The third kappa shape index (κ3) is 5.93. The molecule has 0 aliphatic carbocycles. The van der Waals surface area contributed by atoms with Crippen LogP contribution in [0.2, 0.25) is 0 Å². The van der Waals surface area contributed by atoms with Crippen LogP contribution < -0.4 is 20.4 Å². The minimum absolute atomic E-state index is 0.106. The van der Waals surface area contributed by atoms with E-state index in [0.29, 0.717) is 40.3 Å². The number of aromatic nitrogens is 2. The van der Waals surface area contributed by atoms with Crippen molar-refractivity contribution in [3.63, 3.8) is 0 Å². The van der Waals surface area contributed by atoms with Gasteiger partial charge in [0.15, 0.2) is 5.82 Å². The van der Waals surface area contributed by atoms with E-state index in [0.717, 1.165) is 87.5 Å². The number of carbonyl (C=O) groups excluding carboxylic acids is 4. The number of imide groups is 2. The van der Waals surface area contributed by atoms with E-state index in [2.05, 4.69) is 46.5 Å². The van der Waals surface area contributed by atoms with Crippen LogP contribution in [0.4, 0.5) is 17.2 Å². The van der Waals surface area contributed by atoms with Crippen molar-refractivity contribution in [1.29, 1.82) is 0 Å². The molecule has 4 saturated heterocycles. The Labute approximate surface area is 301 Å². The van der Waals surface area contributed by atoms with Gasteiger partial charge in [-0.2, -0.15) is 0 Å². The number of para-hydroxylation sites is 1. The highest BCUT2D eigenvalue weighted by molar-refractivity contribution is 6.23. The number of phenolic OH excluding ortho intramolecular Hbond substituents is 1. The highest BCUT2D eigenvalue weighted by atomic mass is 16.3. The van der Waals surface area contributed by atoms with Gasteiger partial charge in [-0.25, -0.2) is 0 Å². The molecule has 0 saturated carbocycles. The summed E-state index contributed by atoms with van der Waals surface area (Å²) in [7, 11) is 0. The summed E-state index contributed by atoms with van der Waals surface area (Å²) in [6.07, 6.45) is 2.66. The van der Waals surface area contributed by atoms with Crippen LogP contribution in [0, 0.1) is 11.8 Å². The van der Waals surface area contributed by atoms with Crippen LogP contribution in [0.25, 0.3) is 11.3 Å². The van der Waals surface area contributed by atoms with Gasteiger partial charge in [-0.3, -0.25) is 34.3 Å². The van der Waals surface area contributed by atoms with Crippen LogP contribution in [0.3, 0.4) is 0 Å². The van der Waals surface area contributed by atoms with Crippen LogP contribution in [0.5, 0.6) is 5.75 Å². The zero-order chi connectivity index (χ0) is 35.5. The van der Waals surface area contributed by atoms with Gasteiger partial charge in [-0.1, -0.05) is 12.1 Å². The van der Waals surface area contributed by atoms with E-state index in [1.165, 1.54) is 12.8 Å². The van der Waals surface area contributed by atoms with Gasteiger partial charge in [0.1, 0.15) is 11.8 Å². The Morgan fingerprint density at radius 1 is 0.769 bits per heavy atom. The molecule has 270 valence electrons. The number of piperidine rings is 2. The molecule has 3 aromatic rings. The molecule has 7 heterocycles. The predicted octanol–water partition coefficient (Wildman–Crippen LogP) is 2.01. The van der Waals surface area contributed by atoms with Gasteiger partial charge in [-0.15, -0.1) is 10.2 Å². The number of likely N-dealkylation sites (tertiary alicyclic amines) is 1. The maximum absolute atomic E-state index is 13.3. The topological polar surface area (TPSA) is 155 Å². The van der Waals surface area contributed by atoms with Gasteiger partial charge < -0.3 is 25.1 Å². The Balaban J connectivity index is 0.736. The summed E-state index contributed by atoms with van der Waals surface area (Å²) in [5.74, 6) is 0.344. The van der Waals surface area contributed by atoms with Crippen LogP contribution in [-0.4, -0.2) is 131 Å². The van der Waals surface area contributed by atoms with Crippen molar-refractivity contribution in [3.05, 3.63) is 59.7 Å². The smallest absolute Gasteiger partial charge is 0.262 e. The number of anilines is 3. The Kier molecular flexibility index (Phi) is 8.30. The van der Waals surface area contributed by atoms with Gasteiger partial charge in [0.25, 0.3) is 11.8 Å². The van der Waals surface area contributed by atoms with E-state index in [4.69, 9.17) is 0 Å². The number of hydrogen-bond donors (Lipinski definition) is 3. The second kappa shape index (κ2) is 13.2. The number of aromatic hydroxyl groups is 1.